The minimum Gasteiger partial charge on any atom is -0.343 e. The van der Waals surface area contributed by atoms with Crippen molar-refractivity contribution in [2.45, 2.75) is 13.1 Å². The Morgan fingerprint density at radius 2 is 1.86 bits per heavy atom. The van der Waals surface area contributed by atoms with E-state index in [4.69, 9.17) is 23.2 Å². The van der Waals surface area contributed by atoms with Crippen molar-refractivity contribution in [2.75, 3.05) is 7.05 Å². The summed E-state index contributed by atoms with van der Waals surface area (Å²) in [6.07, 6.45) is 2.17. The minimum atomic E-state index is 0.736. The van der Waals surface area contributed by atoms with Crippen LogP contribution in [0.25, 0.3) is 10.9 Å². The van der Waals surface area contributed by atoms with E-state index >= 15 is 0 Å². The minimum absolute atomic E-state index is 0.736. The van der Waals surface area contributed by atoms with Crippen LogP contribution in [0.1, 0.15) is 11.1 Å². The Labute approximate surface area is 134 Å². The molecule has 0 bridgehead atoms. The van der Waals surface area contributed by atoms with Crippen LogP contribution in [-0.4, -0.2) is 11.6 Å². The molecule has 3 rings (SSSR count). The van der Waals surface area contributed by atoms with Gasteiger partial charge in [-0.05, 0) is 36.4 Å². The van der Waals surface area contributed by atoms with Gasteiger partial charge in [-0.1, -0.05) is 47.5 Å². The van der Waals surface area contributed by atoms with Gasteiger partial charge >= 0.3 is 0 Å². The van der Waals surface area contributed by atoms with Gasteiger partial charge in [0.1, 0.15) is 0 Å². The van der Waals surface area contributed by atoms with Crippen molar-refractivity contribution in [1.82, 2.24) is 9.88 Å². The van der Waals surface area contributed by atoms with Crippen LogP contribution in [0.4, 0.5) is 0 Å². The highest BCUT2D eigenvalue weighted by Crippen LogP contribution is 2.27. The Hall–Kier alpha value is -1.48. The van der Waals surface area contributed by atoms with E-state index in [-0.39, 0.29) is 0 Å². The SMILES string of the molecule is CNCc1cn(Cc2ccccc2Cl)c2cc(Cl)ccc12. The van der Waals surface area contributed by atoms with Gasteiger partial charge in [0, 0.05) is 34.7 Å². The summed E-state index contributed by atoms with van der Waals surface area (Å²) in [7, 11) is 1.95. The molecule has 0 aliphatic heterocycles. The van der Waals surface area contributed by atoms with E-state index < -0.39 is 0 Å². The van der Waals surface area contributed by atoms with E-state index in [0.717, 1.165) is 34.2 Å². The van der Waals surface area contributed by atoms with Gasteiger partial charge in [-0.3, -0.25) is 0 Å². The number of aromatic nitrogens is 1. The van der Waals surface area contributed by atoms with Crippen LogP contribution < -0.4 is 5.32 Å². The zero-order valence-corrected chi connectivity index (χ0v) is 13.2. The predicted octanol–water partition coefficient (Wildman–Crippen LogP) is 4.72. The predicted molar refractivity (Wildman–Crippen MR) is 90.3 cm³/mol. The van der Waals surface area contributed by atoms with Crippen LogP contribution in [0, 0.1) is 0 Å². The van der Waals surface area contributed by atoms with Gasteiger partial charge in [0.25, 0.3) is 0 Å². The highest BCUT2D eigenvalue weighted by atomic mass is 35.5. The summed E-state index contributed by atoms with van der Waals surface area (Å²) in [5, 5.41) is 5.97. The third kappa shape index (κ3) is 2.93. The first kappa shape index (κ1) is 14.5. The summed E-state index contributed by atoms with van der Waals surface area (Å²) in [6, 6.07) is 13.9. The maximum Gasteiger partial charge on any atom is 0.0501 e. The standard InChI is InChI=1S/C17H16Cl2N2/c1-20-9-13-11-21(10-12-4-2-3-5-16(12)19)17-8-14(18)6-7-15(13)17/h2-8,11,20H,9-10H2,1H3. The Bertz CT molecular complexity index is 778. The summed E-state index contributed by atoms with van der Waals surface area (Å²) in [5.41, 5.74) is 3.50. The number of nitrogens with zero attached hydrogens (tertiary/aromatic N) is 1. The van der Waals surface area contributed by atoms with Crippen molar-refractivity contribution in [1.29, 1.82) is 0 Å². The third-order valence-electron chi connectivity index (χ3n) is 3.59. The van der Waals surface area contributed by atoms with Gasteiger partial charge in [-0.2, -0.15) is 0 Å². The fraction of sp³-hybridized carbons (Fsp3) is 0.176. The van der Waals surface area contributed by atoms with Gasteiger partial charge in [0.15, 0.2) is 0 Å². The summed E-state index contributed by atoms with van der Waals surface area (Å²) in [6.45, 7) is 1.56. The van der Waals surface area contributed by atoms with Gasteiger partial charge in [0.05, 0.1) is 5.52 Å². The van der Waals surface area contributed by atoms with E-state index in [1.54, 1.807) is 0 Å². The molecule has 0 spiro atoms. The second-order valence-electron chi connectivity index (χ2n) is 5.07. The van der Waals surface area contributed by atoms with E-state index in [1.165, 1.54) is 10.9 Å². The molecule has 0 saturated carbocycles. The second-order valence-corrected chi connectivity index (χ2v) is 5.91. The zero-order chi connectivity index (χ0) is 14.8. The van der Waals surface area contributed by atoms with E-state index in [0.29, 0.717) is 0 Å². The molecular formula is C17H16Cl2N2. The number of halogens is 2. The van der Waals surface area contributed by atoms with Crippen LogP contribution >= 0.6 is 23.2 Å². The lowest BCUT2D eigenvalue weighted by Gasteiger charge is -2.07. The van der Waals surface area contributed by atoms with E-state index in [2.05, 4.69) is 28.2 Å². The molecule has 2 aromatic carbocycles. The van der Waals surface area contributed by atoms with E-state index in [1.807, 2.05) is 37.4 Å². The average Bonchev–Trinajstić information content (AvgIpc) is 2.79. The Kier molecular flexibility index (Phi) is 4.20. The maximum atomic E-state index is 6.27. The molecular weight excluding hydrogens is 303 g/mol. The van der Waals surface area contributed by atoms with Crippen LogP contribution in [-0.2, 0) is 13.1 Å². The van der Waals surface area contributed by atoms with Crippen LogP contribution in [0.3, 0.4) is 0 Å². The van der Waals surface area contributed by atoms with Crippen LogP contribution in [0.2, 0.25) is 10.0 Å². The first-order valence-electron chi connectivity index (χ1n) is 6.84. The van der Waals surface area contributed by atoms with E-state index in [9.17, 15) is 0 Å². The summed E-state index contributed by atoms with van der Waals surface area (Å²) in [4.78, 5) is 0. The number of hydrogen-bond donors (Lipinski definition) is 1. The Morgan fingerprint density at radius 3 is 2.62 bits per heavy atom. The molecule has 21 heavy (non-hydrogen) atoms. The highest BCUT2D eigenvalue weighted by Gasteiger charge is 2.10. The molecule has 1 aromatic heterocycles. The monoisotopic (exact) mass is 318 g/mol. The van der Waals surface area contributed by atoms with Gasteiger partial charge < -0.3 is 9.88 Å². The number of hydrogen-bond acceptors (Lipinski definition) is 1. The van der Waals surface area contributed by atoms with Crippen molar-refractivity contribution >= 4 is 34.1 Å². The normalized spacial score (nSPS) is 11.2. The zero-order valence-electron chi connectivity index (χ0n) is 11.7. The third-order valence-corrected chi connectivity index (χ3v) is 4.20. The topological polar surface area (TPSA) is 17.0 Å². The lowest BCUT2D eigenvalue weighted by atomic mass is 10.2. The van der Waals surface area contributed by atoms with Gasteiger partial charge in [-0.15, -0.1) is 0 Å². The molecule has 0 aliphatic carbocycles. The maximum absolute atomic E-state index is 6.27. The molecule has 0 atom stereocenters. The molecule has 1 heterocycles. The Morgan fingerprint density at radius 1 is 1.05 bits per heavy atom. The first-order chi connectivity index (χ1) is 10.2. The molecule has 0 saturated heterocycles. The molecule has 0 fully saturated rings. The summed E-state index contributed by atoms with van der Waals surface area (Å²) < 4.78 is 2.20. The molecule has 0 unspecified atom stereocenters. The number of nitrogens with one attached hydrogen (secondary N) is 1. The Balaban J connectivity index is 2.09. The second kappa shape index (κ2) is 6.10. The average molecular weight is 319 g/mol. The van der Waals surface area contributed by atoms with Gasteiger partial charge in [-0.25, -0.2) is 0 Å². The van der Waals surface area contributed by atoms with Crippen molar-refractivity contribution in [3.63, 3.8) is 0 Å². The number of fused-ring (bicyclic) bond motifs is 1. The van der Waals surface area contributed by atoms with Crippen LogP contribution in [0.5, 0.6) is 0 Å². The molecule has 1 N–H and O–H groups in total. The molecule has 4 heteroatoms. The van der Waals surface area contributed by atoms with Crippen LogP contribution in [0.15, 0.2) is 48.7 Å². The van der Waals surface area contributed by atoms with Crippen molar-refractivity contribution in [3.8, 4) is 0 Å². The van der Waals surface area contributed by atoms with Crippen molar-refractivity contribution in [3.05, 3.63) is 69.8 Å². The highest BCUT2D eigenvalue weighted by molar-refractivity contribution is 6.31. The van der Waals surface area contributed by atoms with Crippen molar-refractivity contribution < 1.29 is 0 Å². The number of rotatable bonds is 4. The number of benzene rings is 2. The molecule has 0 aliphatic rings. The quantitative estimate of drug-likeness (QED) is 0.736. The molecule has 2 nitrogen and oxygen atoms in total. The lowest BCUT2D eigenvalue weighted by Crippen LogP contribution is -2.04. The summed E-state index contributed by atoms with van der Waals surface area (Å²) in [5.74, 6) is 0. The smallest absolute Gasteiger partial charge is 0.0501 e. The molecule has 0 radical (unpaired) electrons. The molecule has 0 amide bonds. The van der Waals surface area contributed by atoms with Gasteiger partial charge in [0.2, 0.25) is 0 Å². The summed E-state index contributed by atoms with van der Waals surface area (Å²) >= 11 is 12.4. The fourth-order valence-electron chi connectivity index (χ4n) is 2.61. The fourth-order valence-corrected chi connectivity index (χ4v) is 2.98. The largest absolute Gasteiger partial charge is 0.343 e. The van der Waals surface area contributed by atoms with Crippen molar-refractivity contribution in [2.24, 2.45) is 0 Å². The first-order valence-corrected chi connectivity index (χ1v) is 7.60. The molecule has 3 aromatic rings. The lowest BCUT2D eigenvalue weighted by molar-refractivity contribution is 0.795. The molecule has 108 valence electrons.